The maximum atomic E-state index is 13.4. The van der Waals surface area contributed by atoms with Crippen LogP contribution in [-0.2, 0) is 4.79 Å². The summed E-state index contributed by atoms with van der Waals surface area (Å²) in [6, 6.07) is 10.4. The number of benzene rings is 2. The van der Waals surface area contributed by atoms with E-state index in [0.717, 1.165) is 0 Å². The number of nitrogens with one attached hydrogen (secondary N) is 1. The molecule has 0 bridgehead atoms. The van der Waals surface area contributed by atoms with E-state index in [1.165, 1.54) is 24.3 Å². The van der Waals surface area contributed by atoms with E-state index in [0.29, 0.717) is 15.6 Å². The largest absolute Gasteiger partial charge is 0.481 e. The van der Waals surface area contributed by atoms with Crippen LogP contribution in [-0.4, -0.2) is 22.7 Å². The van der Waals surface area contributed by atoms with Crippen LogP contribution in [0.15, 0.2) is 46.9 Å². The summed E-state index contributed by atoms with van der Waals surface area (Å²) in [5, 5.41) is 10.7. The molecule has 0 atom stereocenters. The normalized spacial score (nSPS) is 10.5. The first kappa shape index (κ1) is 17.2. The second-order valence-electron chi connectivity index (χ2n) is 4.80. The molecule has 1 amide bonds. The first-order valence-corrected chi connectivity index (χ1v) is 7.74. The van der Waals surface area contributed by atoms with Gasteiger partial charge >= 0.3 is 6.01 Å². The summed E-state index contributed by atoms with van der Waals surface area (Å²) in [6.45, 7) is -0.416. The van der Waals surface area contributed by atoms with Gasteiger partial charge in [-0.15, -0.1) is 5.10 Å². The molecule has 0 aliphatic heterocycles. The Hall–Kier alpha value is -2.64. The van der Waals surface area contributed by atoms with Crippen LogP contribution in [0.25, 0.3) is 11.5 Å². The standard InChI is InChI=1S/C16H10Cl2FN3O3/c17-9-5-6-10(11(18)7-9)15-21-22-16(25-15)20-14(23)8-24-13-4-2-1-3-12(13)19/h1-7H,8H2,(H,20,22,23). The highest BCUT2D eigenvalue weighted by Crippen LogP contribution is 2.30. The number of carbonyl (C=O) groups excluding carboxylic acids is 1. The fourth-order valence-electron chi connectivity index (χ4n) is 1.91. The number of aromatic nitrogens is 2. The Labute approximate surface area is 151 Å². The monoisotopic (exact) mass is 381 g/mol. The molecular weight excluding hydrogens is 372 g/mol. The van der Waals surface area contributed by atoms with Gasteiger partial charge in [0.2, 0.25) is 0 Å². The zero-order chi connectivity index (χ0) is 17.8. The fourth-order valence-corrected chi connectivity index (χ4v) is 2.40. The van der Waals surface area contributed by atoms with Gasteiger partial charge in [-0.2, -0.15) is 0 Å². The van der Waals surface area contributed by atoms with Crippen molar-refractivity contribution in [3.63, 3.8) is 0 Å². The Morgan fingerprint density at radius 1 is 1.20 bits per heavy atom. The van der Waals surface area contributed by atoms with Crippen LogP contribution in [0.5, 0.6) is 5.75 Å². The maximum absolute atomic E-state index is 13.4. The molecule has 2 aromatic carbocycles. The van der Waals surface area contributed by atoms with Crippen molar-refractivity contribution >= 4 is 35.1 Å². The number of carbonyl (C=O) groups is 1. The topological polar surface area (TPSA) is 77.2 Å². The second-order valence-corrected chi connectivity index (χ2v) is 5.65. The summed E-state index contributed by atoms with van der Waals surface area (Å²) in [6.07, 6.45) is 0. The Morgan fingerprint density at radius 2 is 2.00 bits per heavy atom. The minimum Gasteiger partial charge on any atom is -0.481 e. The number of nitrogens with zero attached hydrogens (tertiary/aromatic N) is 2. The number of halogens is 3. The summed E-state index contributed by atoms with van der Waals surface area (Å²) in [5.74, 6) is -1.06. The van der Waals surface area contributed by atoms with Crippen molar-refractivity contribution in [1.29, 1.82) is 0 Å². The molecule has 128 valence electrons. The summed E-state index contributed by atoms with van der Waals surface area (Å²) < 4.78 is 23.8. The third-order valence-corrected chi connectivity index (χ3v) is 3.58. The summed E-state index contributed by atoms with van der Waals surface area (Å²) in [5.41, 5.74) is 0.474. The van der Waals surface area contributed by atoms with Crippen LogP contribution in [0.1, 0.15) is 0 Å². The van der Waals surface area contributed by atoms with Gasteiger partial charge in [0, 0.05) is 5.02 Å². The number of para-hydroxylation sites is 1. The molecule has 0 fully saturated rings. The zero-order valence-corrected chi connectivity index (χ0v) is 14.0. The van der Waals surface area contributed by atoms with Crippen molar-refractivity contribution in [2.45, 2.75) is 0 Å². The lowest BCUT2D eigenvalue weighted by atomic mass is 10.2. The molecule has 0 spiro atoms. The molecule has 0 aliphatic carbocycles. The minimum atomic E-state index is -0.583. The molecule has 3 aromatic rings. The van der Waals surface area contributed by atoms with Crippen LogP contribution in [0, 0.1) is 5.82 Å². The van der Waals surface area contributed by atoms with Crippen molar-refractivity contribution in [1.82, 2.24) is 10.2 Å². The number of amides is 1. The predicted octanol–water partition coefficient (Wildman–Crippen LogP) is 4.20. The van der Waals surface area contributed by atoms with E-state index < -0.39 is 18.3 Å². The smallest absolute Gasteiger partial charge is 0.322 e. The number of anilines is 1. The lowest BCUT2D eigenvalue weighted by Crippen LogP contribution is -2.20. The first-order valence-electron chi connectivity index (χ1n) is 6.99. The van der Waals surface area contributed by atoms with Gasteiger partial charge < -0.3 is 9.15 Å². The lowest BCUT2D eigenvalue weighted by molar-refractivity contribution is -0.118. The van der Waals surface area contributed by atoms with Gasteiger partial charge in [-0.1, -0.05) is 40.4 Å². The Morgan fingerprint density at radius 3 is 2.76 bits per heavy atom. The molecule has 0 unspecified atom stereocenters. The Kier molecular flexibility index (Phi) is 5.16. The molecule has 1 N–H and O–H groups in total. The van der Waals surface area contributed by atoms with Crippen LogP contribution >= 0.6 is 23.2 Å². The van der Waals surface area contributed by atoms with E-state index in [2.05, 4.69) is 15.5 Å². The average Bonchev–Trinajstić information content (AvgIpc) is 3.02. The summed E-state index contributed by atoms with van der Waals surface area (Å²) >= 11 is 11.9. The van der Waals surface area contributed by atoms with Gasteiger partial charge in [0.15, 0.2) is 18.2 Å². The van der Waals surface area contributed by atoms with Crippen LogP contribution in [0.2, 0.25) is 10.0 Å². The van der Waals surface area contributed by atoms with Crippen molar-refractivity contribution < 1.29 is 18.3 Å². The van der Waals surface area contributed by atoms with Crippen molar-refractivity contribution in [3.05, 3.63) is 58.3 Å². The quantitative estimate of drug-likeness (QED) is 0.716. The Bertz CT molecular complexity index is 917. The molecule has 25 heavy (non-hydrogen) atoms. The highest BCUT2D eigenvalue weighted by Gasteiger charge is 2.14. The molecule has 9 heteroatoms. The third-order valence-electron chi connectivity index (χ3n) is 3.03. The molecule has 1 aromatic heterocycles. The van der Waals surface area contributed by atoms with Gasteiger partial charge in [-0.25, -0.2) is 4.39 Å². The summed E-state index contributed by atoms with van der Waals surface area (Å²) in [4.78, 5) is 11.8. The maximum Gasteiger partial charge on any atom is 0.322 e. The zero-order valence-electron chi connectivity index (χ0n) is 12.5. The molecule has 0 aliphatic rings. The molecule has 1 heterocycles. The number of hydrogen-bond acceptors (Lipinski definition) is 5. The van der Waals surface area contributed by atoms with E-state index in [1.54, 1.807) is 18.2 Å². The number of ether oxygens (including phenoxy) is 1. The van der Waals surface area contributed by atoms with Gasteiger partial charge in [0.1, 0.15) is 0 Å². The van der Waals surface area contributed by atoms with Gasteiger partial charge in [0.25, 0.3) is 11.8 Å². The average molecular weight is 382 g/mol. The fraction of sp³-hybridized carbons (Fsp3) is 0.0625. The number of hydrogen-bond donors (Lipinski definition) is 1. The van der Waals surface area contributed by atoms with E-state index in [4.69, 9.17) is 32.4 Å². The van der Waals surface area contributed by atoms with Crippen molar-refractivity contribution in [2.24, 2.45) is 0 Å². The highest BCUT2D eigenvalue weighted by molar-refractivity contribution is 6.36. The summed E-state index contributed by atoms with van der Waals surface area (Å²) in [7, 11) is 0. The molecule has 0 saturated heterocycles. The van der Waals surface area contributed by atoms with Crippen LogP contribution in [0.4, 0.5) is 10.4 Å². The highest BCUT2D eigenvalue weighted by atomic mass is 35.5. The van der Waals surface area contributed by atoms with E-state index >= 15 is 0 Å². The first-order chi connectivity index (χ1) is 12.0. The van der Waals surface area contributed by atoms with Gasteiger partial charge in [-0.3, -0.25) is 10.1 Å². The SMILES string of the molecule is O=C(COc1ccccc1F)Nc1nnc(-c2ccc(Cl)cc2Cl)o1. The van der Waals surface area contributed by atoms with Crippen molar-refractivity contribution in [3.8, 4) is 17.2 Å². The van der Waals surface area contributed by atoms with E-state index in [1.807, 2.05) is 0 Å². The minimum absolute atomic E-state index is 0.0307. The van der Waals surface area contributed by atoms with E-state index in [-0.39, 0.29) is 17.7 Å². The Balaban J connectivity index is 1.63. The lowest BCUT2D eigenvalue weighted by Gasteiger charge is -2.05. The van der Waals surface area contributed by atoms with Gasteiger partial charge in [0.05, 0.1) is 10.6 Å². The molecule has 0 saturated carbocycles. The van der Waals surface area contributed by atoms with Crippen LogP contribution < -0.4 is 10.1 Å². The van der Waals surface area contributed by atoms with Gasteiger partial charge in [-0.05, 0) is 30.3 Å². The van der Waals surface area contributed by atoms with Crippen LogP contribution in [0.3, 0.4) is 0 Å². The number of rotatable bonds is 5. The second kappa shape index (κ2) is 7.50. The molecule has 6 nitrogen and oxygen atoms in total. The molecular formula is C16H10Cl2FN3O3. The molecule has 3 rings (SSSR count). The third kappa shape index (κ3) is 4.26. The van der Waals surface area contributed by atoms with E-state index in [9.17, 15) is 9.18 Å². The van der Waals surface area contributed by atoms with Crippen molar-refractivity contribution in [2.75, 3.05) is 11.9 Å². The molecule has 0 radical (unpaired) electrons. The predicted molar refractivity (Wildman–Crippen MR) is 90.3 cm³/mol.